The lowest BCUT2D eigenvalue weighted by molar-refractivity contribution is -0.141. The highest BCUT2D eigenvalue weighted by atomic mass is 16.2. The molecule has 0 radical (unpaired) electrons. The summed E-state index contributed by atoms with van der Waals surface area (Å²) in [6, 6.07) is 29.0. The second kappa shape index (κ2) is 13.0. The van der Waals surface area contributed by atoms with Crippen molar-refractivity contribution in [3.63, 3.8) is 0 Å². The zero-order chi connectivity index (χ0) is 29.6. The molecule has 1 aliphatic rings. The molecule has 3 amide bonds. The van der Waals surface area contributed by atoms with Crippen molar-refractivity contribution in [1.29, 1.82) is 0 Å². The Bertz CT molecular complexity index is 1560. The number of anilines is 1. The minimum atomic E-state index is -0.665. The fraction of sp³-hybridized carbons (Fsp3) is 0.306. The minimum Gasteiger partial charge on any atom is -0.352 e. The van der Waals surface area contributed by atoms with Gasteiger partial charge in [-0.2, -0.15) is 0 Å². The van der Waals surface area contributed by atoms with Crippen LogP contribution in [0.1, 0.15) is 60.2 Å². The summed E-state index contributed by atoms with van der Waals surface area (Å²) in [5.74, 6) is -0.274. The Morgan fingerprint density at radius 1 is 0.881 bits per heavy atom. The molecule has 1 heterocycles. The van der Waals surface area contributed by atoms with Crippen LogP contribution in [0.25, 0.3) is 10.8 Å². The molecule has 42 heavy (non-hydrogen) atoms. The average molecular weight is 562 g/mol. The Hall–Kier alpha value is -4.45. The summed E-state index contributed by atoms with van der Waals surface area (Å²) in [6.07, 6.45) is 1.94. The fourth-order valence-electron chi connectivity index (χ4n) is 5.62. The summed E-state index contributed by atoms with van der Waals surface area (Å²) in [5.41, 5.74) is 4.71. The van der Waals surface area contributed by atoms with Gasteiger partial charge in [0, 0.05) is 42.9 Å². The van der Waals surface area contributed by atoms with Gasteiger partial charge in [-0.25, -0.2) is 0 Å². The van der Waals surface area contributed by atoms with Gasteiger partial charge in [0.15, 0.2) is 0 Å². The van der Waals surface area contributed by atoms with Gasteiger partial charge in [0.05, 0.1) is 5.69 Å². The smallest absolute Gasteiger partial charge is 0.258 e. The maximum absolute atomic E-state index is 14.0. The zero-order valence-electron chi connectivity index (χ0n) is 24.7. The molecule has 216 valence electrons. The summed E-state index contributed by atoms with van der Waals surface area (Å²) >= 11 is 0. The largest absolute Gasteiger partial charge is 0.352 e. The van der Waals surface area contributed by atoms with Gasteiger partial charge in [-0.15, -0.1) is 0 Å². The molecule has 4 aromatic rings. The third kappa shape index (κ3) is 6.38. The Kier molecular flexibility index (Phi) is 9.01. The van der Waals surface area contributed by atoms with E-state index in [0.29, 0.717) is 31.5 Å². The molecule has 0 fully saturated rings. The van der Waals surface area contributed by atoms with Gasteiger partial charge in [-0.1, -0.05) is 91.3 Å². The first-order valence-corrected chi connectivity index (χ1v) is 14.9. The molecule has 4 aromatic carbocycles. The predicted octanol–water partition coefficient (Wildman–Crippen LogP) is 6.44. The van der Waals surface area contributed by atoms with Gasteiger partial charge in [-0.3, -0.25) is 14.4 Å². The normalized spacial score (nSPS) is 13.7. The van der Waals surface area contributed by atoms with Crippen LogP contribution in [-0.4, -0.2) is 41.2 Å². The molecule has 0 unspecified atom stereocenters. The SMILES string of the molecule is CC[C@H](C)NC(=O)[C@@H](Cc1ccccc1)N(Cc1ccc(C)cc1)C(=O)CCCN1C(=O)c2cccc3cccc1c23. The standard InChI is InChI=1S/C36H39N3O3/c1-4-26(3)37-35(41)32(23-27-11-6-5-7-12-27)39(24-28-20-18-25(2)19-21-28)33(40)17-10-22-38-31-16-9-14-29-13-8-15-30(34(29)31)36(38)42/h5-9,11-16,18-21,26,32H,4,10,17,22-24H2,1-3H3,(H,37,41)/t26-,32+/m0/s1. The molecular weight excluding hydrogens is 522 g/mol. The van der Waals surface area contributed by atoms with Crippen molar-refractivity contribution in [1.82, 2.24) is 10.2 Å². The molecule has 0 aromatic heterocycles. The van der Waals surface area contributed by atoms with E-state index in [9.17, 15) is 14.4 Å². The number of hydrogen-bond acceptors (Lipinski definition) is 3. The second-order valence-corrected chi connectivity index (χ2v) is 11.3. The average Bonchev–Trinajstić information content (AvgIpc) is 3.28. The lowest BCUT2D eigenvalue weighted by Crippen LogP contribution is -2.52. The Morgan fingerprint density at radius 2 is 1.60 bits per heavy atom. The number of nitrogens with zero attached hydrogens (tertiary/aromatic N) is 2. The van der Waals surface area contributed by atoms with Gasteiger partial charge >= 0.3 is 0 Å². The summed E-state index contributed by atoms with van der Waals surface area (Å²) in [4.78, 5) is 44.5. The number of rotatable bonds is 12. The van der Waals surface area contributed by atoms with Gasteiger partial charge < -0.3 is 15.1 Å². The number of benzene rings is 4. The van der Waals surface area contributed by atoms with Crippen molar-refractivity contribution >= 4 is 34.2 Å². The topological polar surface area (TPSA) is 69.7 Å². The van der Waals surface area contributed by atoms with Crippen LogP contribution in [0.3, 0.4) is 0 Å². The van der Waals surface area contributed by atoms with Crippen LogP contribution >= 0.6 is 0 Å². The third-order valence-electron chi connectivity index (χ3n) is 8.17. The van der Waals surface area contributed by atoms with Crippen LogP contribution in [0, 0.1) is 6.92 Å². The van der Waals surface area contributed by atoms with Crippen molar-refractivity contribution < 1.29 is 14.4 Å². The lowest BCUT2D eigenvalue weighted by atomic mass is 10.0. The van der Waals surface area contributed by atoms with E-state index in [1.165, 1.54) is 0 Å². The monoisotopic (exact) mass is 561 g/mol. The van der Waals surface area contributed by atoms with E-state index >= 15 is 0 Å². The van der Waals surface area contributed by atoms with Gasteiger partial charge in [0.25, 0.3) is 5.91 Å². The maximum Gasteiger partial charge on any atom is 0.258 e. The molecule has 5 rings (SSSR count). The molecular formula is C36H39N3O3. The molecule has 6 nitrogen and oxygen atoms in total. The number of aryl methyl sites for hydroxylation is 1. The van der Waals surface area contributed by atoms with E-state index in [1.54, 1.807) is 9.80 Å². The number of carbonyl (C=O) groups excluding carboxylic acids is 3. The number of nitrogens with one attached hydrogen (secondary N) is 1. The van der Waals surface area contributed by atoms with E-state index in [1.807, 2.05) is 112 Å². The minimum absolute atomic E-state index is 0.00220. The van der Waals surface area contributed by atoms with Crippen molar-refractivity contribution in [3.8, 4) is 0 Å². The van der Waals surface area contributed by atoms with Crippen molar-refractivity contribution in [2.75, 3.05) is 11.4 Å². The van der Waals surface area contributed by atoms with E-state index in [4.69, 9.17) is 0 Å². The van der Waals surface area contributed by atoms with E-state index in [2.05, 4.69) is 5.32 Å². The van der Waals surface area contributed by atoms with E-state index < -0.39 is 6.04 Å². The lowest BCUT2D eigenvalue weighted by Gasteiger charge is -2.32. The van der Waals surface area contributed by atoms with E-state index in [0.717, 1.165) is 39.6 Å². The third-order valence-corrected chi connectivity index (χ3v) is 8.17. The van der Waals surface area contributed by atoms with Gasteiger partial charge in [0.2, 0.25) is 11.8 Å². The fourth-order valence-corrected chi connectivity index (χ4v) is 5.62. The summed E-state index contributed by atoms with van der Waals surface area (Å²) in [7, 11) is 0. The Balaban J connectivity index is 1.37. The molecule has 0 aliphatic carbocycles. The molecule has 0 bridgehead atoms. The predicted molar refractivity (Wildman–Crippen MR) is 168 cm³/mol. The molecule has 6 heteroatoms. The van der Waals surface area contributed by atoms with E-state index in [-0.39, 0.29) is 30.2 Å². The van der Waals surface area contributed by atoms with Crippen LogP contribution < -0.4 is 10.2 Å². The molecule has 0 saturated carbocycles. The summed E-state index contributed by atoms with van der Waals surface area (Å²) in [6.45, 7) is 6.81. The Morgan fingerprint density at radius 3 is 2.31 bits per heavy atom. The molecule has 0 spiro atoms. The first-order chi connectivity index (χ1) is 20.4. The molecule has 1 aliphatic heterocycles. The highest BCUT2D eigenvalue weighted by Crippen LogP contribution is 2.37. The van der Waals surface area contributed by atoms with Crippen molar-refractivity contribution in [2.24, 2.45) is 0 Å². The summed E-state index contributed by atoms with van der Waals surface area (Å²) in [5, 5.41) is 5.14. The quantitative estimate of drug-likeness (QED) is 0.216. The van der Waals surface area contributed by atoms with Crippen molar-refractivity contribution in [2.45, 2.75) is 65.1 Å². The van der Waals surface area contributed by atoms with Crippen LogP contribution in [0.4, 0.5) is 5.69 Å². The first kappa shape index (κ1) is 29.1. The molecule has 0 saturated heterocycles. The Labute approximate surface area is 248 Å². The highest BCUT2D eigenvalue weighted by molar-refractivity contribution is 6.25. The number of amides is 3. The number of carbonyl (C=O) groups is 3. The van der Waals surface area contributed by atoms with Crippen molar-refractivity contribution in [3.05, 3.63) is 113 Å². The second-order valence-electron chi connectivity index (χ2n) is 11.3. The first-order valence-electron chi connectivity index (χ1n) is 14.9. The van der Waals surface area contributed by atoms with Gasteiger partial charge in [0.1, 0.15) is 6.04 Å². The van der Waals surface area contributed by atoms with Crippen LogP contribution in [0.15, 0.2) is 91.0 Å². The van der Waals surface area contributed by atoms with Crippen LogP contribution in [0.5, 0.6) is 0 Å². The highest BCUT2D eigenvalue weighted by Gasteiger charge is 2.32. The molecule has 2 atom stereocenters. The summed E-state index contributed by atoms with van der Waals surface area (Å²) < 4.78 is 0. The molecule has 1 N–H and O–H groups in total. The van der Waals surface area contributed by atoms with Gasteiger partial charge in [-0.05, 0) is 55.3 Å². The maximum atomic E-state index is 14.0. The van der Waals surface area contributed by atoms with Crippen LogP contribution in [0.2, 0.25) is 0 Å². The number of hydrogen-bond donors (Lipinski definition) is 1. The zero-order valence-corrected chi connectivity index (χ0v) is 24.7. The van der Waals surface area contributed by atoms with Crippen LogP contribution in [-0.2, 0) is 22.6 Å².